The van der Waals surface area contributed by atoms with E-state index in [0.29, 0.717) is 5.69 Å². The molecule has 0 aliphatic rings. The zero-order chi connectivity index (χ0) is 14.4. The molecule has 2 rings (SSSR count). The molecule has 0 saturated carbocycles. The lowest BCUT2D eigenvalue weighted by Crippen LogP contribution is -2.22. The van der Waals surface area contributed by atoms with Crippen LogP contribution in [0.5, 0.6) is 0 Å². The van der Waals surface area contributed by atoms with E-state index < -0.39 is 0 Å². The van der Waals surface area contributed by atoms with E-state index in [4.69, 9.17) is 5.73 Å². The number of nitrogens with two attached hydrogens (primary N) is 1. The zero-order valence-electron chi connectivity index (χ0n) is 11.4. The second-order valence-corrected chi connectivity index (χ2v) is 5.88. The molecule has 2 aromatic rings. The lowest BCUT2D eigenvalue weighted by Gasteiger charge is -2.12. The van der Waals surface area contributed by atoms with Crippen molar-refractivity contribution in [2.75, 3.05) is 11.1 Å². The fourth-order valence-corrected chi connectivity index (χ4v) is 2.53. The molecule has 0 bridgehead atoms. The molecule has 0 heterocycles. The number of nitrogen functional groups attached to an aromatic ring is 1. The van der Waals surface area contributed by atoms with Gasteiger partial charge >= 0.3 is 0 Å². The van der Waals surface area contributed by atoms with Crippen LogP contribution in [0.15, 0.2) is 54.6 Å². The van der Waals surface area contributed by atoms with E-state index in [2.05, 4.69) is 17.4 Å². The van der Waals surface area contributed by atoms with Crippen LogP contribution < -0.4 is 11.1 Å². The monoisotopic (exact) mass is 286 g/mol. The van der Waals surface area contributed by atoms with Crippen LogP contribution in [0.2, 0.25) is 0 Å². The van der Waals surface area contributed by atoms with Gasteiger partial charge in [-0.1, -0.05) is 30.3 Å². The third-order valence-corrected chi connectivity index (χ3v) is 4.10. The molecule has 0 saturated heterocycles. The molecule has 0 fully saturated rings. The van der Waals surface area contributed by atoms with Crippen molar-refractivity contribution in [3.05, 3.63) is 60.2 Å². The summed E-state index contributed by atoms with van der Waals surface area (Å²) in [7, 11) is 0. The predicted octanol–water partition coefficient (Wildman–Crippen LogP) is 3.53. The summed E-state index contributed by atoms with van der Waals surface area (Å²) in [5.41, 5.74) is 8.30. The predicted molar refractivity (Wildman–Crippen MR) is 86.7 cm³/mol. The summed E-state index contributed by atoms with van der Waals surface area (Å²) >= 11 is 1.62. The van der Waals surface area contributed by atoms with E-state index in [-0.39, 0.29) is 11.2 Å². The van der Waals surface area contributed by atoms with E-state index in [0.717, 1.165) is 11.4 Å². The van der Waals surface area contributed by atoms with Crippen LogP contribution in [0.1, 0.15) is 12.5 Å². The van der Waals surface area contributed by atoms with Gasteiger partial charge in [0.1, 0.15) is 0 Å². The summed E-state index contributed by atoms with van der Waals surface area (Å²) in [6, 6.07) is 17.3. The number of hydrogen-bond acceptors (Lipinski definition) is 3. The highest BCUT2D eigenvalue weighted by atomic mass is 32.2. The minimum Gasteiger partial charge on any atom is -0.399 e. The Morgan fingerprint density at radius 3 is 2.45 bits per heavy atom. The van der Waals surface area contributed by atoms with E-state index in [9.17, 15) is 4.79 Å². The van der Waals surface area contributed by atoms with Crippen molar-refractivity contribution in [3.63, 3.8) is 0 Å². The molecule has 2 aromatic carbocycles. The van der Waals surface area contributed by atoms with E-state index in [1.807, 2.05) is 37.3 Å². The van der Waals surface area contributed by atoms with Gasteiger partial charge in [-0.15, -0.1) is 11.8 Å². The zero-order valence-corrected chi connectivity index (χ0v) is 12.2. The molecule has 1 unspecified atom stereocenters. The molecule has 104 valence electrons. The van der Waals surface area contributed by atoms with E-state index in [1.54, 1.807) is 23.9 Å². The largest absolute Gasteiger partial charge is 0.399 e. The van der Waals surface area contributed by atoms with Crippen LogP contribution in [0, 0.1) is 0 Å². The molecule has 3 nitrogen and oxygen atoms in total. The first-order chi connectivity index (χ1) is 9.65. The van der Waals surface area contributed by atoms with Gasteiger partial charge in [-0.05, 0) is 36.8 Å². The summed E-state index contributed by atoms with van der Waals surface area (Å²) in [6.07, 6.45) is 0. The maximum absolute atomic E-state index is 12.1. The van der Waals surface area contributed by atoms with Crippen molar-refractivity contribution in [2.24, 2.45) is 0 Å². The van der Waals surface area contributed by atoms with Crippen LogP contribution >= 0.6 is 11.8 Å². The number of nitrogens with one attached hydrogen (secondary N) is 1. The fraction of sp³-hybridized carbons (Fsp3) is 0.188. The first-order valence-corrected chi connectivity index (χ1v) is 7.52. The first kappa shape index (κ1) is 14.5. The van der Waals surface area contributed by atoms with Crippen molar-refractivity contribution >= 4 is 29.0 Å². The molecule has 1 atom stereocenters. The molecule has 3 N–H and O–H groups in total. The molecule has 0 spiro atoms. The number of benzene rings is 2. The number of hydrogen-bond donors (Lipinski definition) is 2. The van der Waals surface area contributed by atoms with Crippen molar-refractivity contribution in [1.29, 1.82) is 0 Å². The number of anilines is 2. The molecular weight excluding hydrogens is 268 g/mol. The Bertz CT molecular complexity index is 554. The van der Waals surface area contributed by atoms with E-state index >= 15 is 0 Å². The Morgan fingerprint density at radius 1 is 1.15 bits per heavy atom. The fourth-order valence-electron chi connectivity index (χ4n) is 1.68. The first-order valence-electron chi connectivity index (χ1n) is 6.47. The maximum atomic E-state index is 12.1. The Morgan fingerprint density at radius 2 is 1.80 bits per heavy atom. The van der Waals surface area contributed by atoms with Gasteiger partial charge in [-0.2, -0.15) is 0 Å². The third kappa shape index (κ3) is 4.31. The number of thioether (sulfide) groups is 1. The third-order valence-electron chi connectivity index (χ3n) is 2.89. The second kappa shape index (κ2) is 7.01. The molecule has 1 amide bonds. The van der Waals surface area contributed by atoms with Crippen molar-refractivity contribution in [1.82, 2.24) is 0 Å². The van der Waals surface area contributed by atoms with Gasteiger partial charge in [0.25, 0.3) is 0 Å². The average molecular weight is 286 g/mol. The normalized spacial score (nSPS) is 11.8. The Balaban J connectivity index is 1.84. The Labute approximate surface area is 123 Å². The molecule has 0 aliphatic carbocycles. The molecule has 20 heavy (non-hydrogen) atoms. The van der Waals surface area contributed by atoms with Crippen LogP contribution in [-0.4, -0.2) is 11.2 Å². The Kier molecular flexibility index (Phi) is 5.07. The van der Waals surface area contributed by atoms with E-state index in [1.165, 1.54) is 5.56 Å². The van der Waals surface area contributed by atoms with Crippen molar-refractivity contribution in [3.8, 4) is 0 Å². The molecule has 0 aliphatic heterocycles. The van der Waals surface area contributed by atoms with Gasteiger partial charge in [0.05, 0.1) is 5.25 Å². The van der Waals surface area contributed by atoms with Gasteiger partial charge in [0, 0.05) is 17.1 Å². The van der Waals surface area contributed by atoms with Crippen molar-refractivity contribution in [2.45, 2.75) is 17.9 Å². The topological polar surface area (TPSA) is 55.1 Å². The summed E-state index contributed by atoms with van der Waals surface area (Å²) < 4.78 is 0. The van der Waals surface area contributed by atoms with Crippen molar-refractivity contribution < 1.29 is 4.79 Å². The van der Waals surface area contributed by atoms with Crippen LogP contribution in [0.25, 0.3) is 0 Å². The SMILES string of the molecule is CC(SCc1ccccc1)C(=O)Nc1ccc(N)cc1. The quantitative estimate of drug-likeness (QED) is 0.827. The minimum absolute atomic E-state index is 0.00991. The molecular formula is C16H18N2OS. The smallest absolute Gasteiger partial charge is 0.237 e. The summed E-state index contributed by atoms with van der Waals surface area (Å²) in [5, 5.41) is 2.79. The highest BCUT2D eigenvalue weighted by Gasteiger charge is 2.13. The van der Waals surface area contributed by atoms with Gasteiger partial charge in [0.2, 0.25) is 5.91 Å². The highest BCUT2D eigenvalue weighted by Crippen LogP contribution is 2.19. The average Bonchev–Trinajstić information content (AvgIpc) is 2.48. The summed E-state index contributed by atoms with van der Waals surface area (Å²) in [6.45, 7) is 1.92. The van der Waals surface area contributed by atoms with Gasteiger partial charge in [-0.25, -0.2) is 0 Å². The van der Waals surface area contributed by atoms with Gasteiger partial charge in [0.15, 0.2) is 0 Å². The molecule has 4 heteroatoms. The maximum Gasteiger partial charge on any atom is 0.237 e. The van der Waals surface area contributed by atoms with Gasteiger partial charge in [-0.3, -0.25) is 4.79 Å². The highest BCUT2D eigenvalue weighted by molar-refractivity contribution is 7.99. The molecule has 0 radical (unpaired) electrons. The lowest BCUT2D eigenvalue weighted by atomic mass is 10.2. The minimum atomic E-state index is -0.104. The number of carbonyl (C=O) groups excluding carboxylic acids is 1. The van der Waals surface area contributed by atoms with Gasteiger partial charge < -0.3 is 11.1 Å². The summed E-state index contributed by atoms with van der Waals surface area (Å²) in [5.74, 6) is 0.840. The van der Waals surface area contributed by atoms with Crippen LogP contribution in [0.4, 0.5) is 11.4 Å². The standard InChI is InChI=1S/C16H18N2OS/c1-12(20-11-13-5-3-2-4-6-13)16(19)18-15-9-7-14(17)8-10-15/h2-10,12H,11,17H2,1H3,(H,18,19). The number of carbonyl (C=O) groups is 1. The van der Waals surface area contributed by atoms with Crippen LogP contribution in [-0.2, 0) is 10.5 Å². The number of amides is 1. The lowest BCUT2D eigenvalue weighted by molar-refractivity contribution is -0.115. The molecule has 0 aromatic heterocycles. The number of rotatable bonds is 5. The van der Waals surface area contributed by atoms with Crippen LogP contribution in [0.3, 0.4) is 0 Å². The second-order valence-electron chi connectivity index (χ2n) is 4.55. The Hall–Kier alpha value is -1.94. The summed E-state index contributed by atoms with van der Waals surface area (Å²) in [4.78, 5) is 12.1.